The van der Waals surface area contributed by atoms with E-state index in [9.17, 15) is 14.7 Å². The van der Waals surface area contributed by atoms with Crippen molar-refractivity contribution in [2.45, 2.75) is 38.2 Å². The highest BCUT2D eigenvalue weighted by atomic mass is 16.3. The van der Waals surface area contributed by atoms with Crippen molar-refractivity contribution in [1.29, 1.82) is 0 Å². The first-order chi connectivity index (χ1) is 8.98. The molecule has 0 radical (unpaired) electrons. The third-order valence-corrected chi connectivity index (χ3v) is 3.69. The third kappa shape index (κ3) is 3.64. The minimum absolute atomic E-state index is 0.146. The molecule has 0 aromatic carbocycles. The van der Waals surface area contributed by atoms with E-state index in [1.54, 1.807) is 0 Å². The van der Waals surface area contributed by atoms with E-state index in [2.05, 4.69) is 22.2 Å². The SMILES string of the molecule is CC1CCC(O)(CNC(=O)c2c[nH]c(=O)cn2)CC1. The second kappa shape index (κ2) is 5.52. The lowest BCUT2D eigenvalue weighted by molar-refractivity contribution is -0.00544. The molecule has 19 heavy (non-hydrogen) atoms. The summed E-state index contributed by atoms with van der Waals surface area (Å²) in [6.07, 6.45) is 5.68. The van der Waals surface area contributed by atoms with Gasteiger partial charge in [-0.1, -0.05) is 6.92 Å². The zero-order chi connectivity index (χ0) is 13.9. The Morgan fingerprint density at radius 2 is 2.26 bits per heavy atom. The van der Waals surface area contributed by atoms with Gasteiger partial charge in [-0.3, -0.25) is 9.59 Å². The Morgan fingerprint density at radius 1 is 1.58 bits per heavy atom. The molecule has 1 aromatic heterocycles. The summed E-state index contributed by atoms with van der Waals surface area (Å²) >= 11 is 0. The lowest BCUT2D eigenvalue weighted by Gasteiger charge is -2.34. The molecule has 6 heteroatoms. The fourth-order valence-corrected chi connectivity index (χ4v) is 2.28. The second-order valence-corrected chi connectivity index (χ2v) is 5.39. The van der Waals surface area contributed by atoms with Gasteiger partial charge in [0.25, 0.3) is 11.5 Å². The number of hydrogen-bond donors (Lipinski definition) is 3. The number of nitrogens with zero attached hydrogens (tertiary/aromatic N) is 1. The van der Waals surface area contributed by atoms with E-state index in [1.807, 2.05) is 0 Å². The molecular weight excluding hydrogens is 246 g/mol. The number of amides is 1. The van der Waals surface area contributed by atoms with Crippen molar-refractivity contribution in [2.24, 2.45) is 5.92 Å². The Morgan fingerprint density at radius 3 is 2.84 bits per heavy atom. The summed E-state index contributed by atoms with van der Waals surface area (Å²) in [5.41, 5.74) is -1.02. The van der Waals surface area contributed by atoms with Crippen LogP contribution < -0.4 is 10.9 Å². The molecule has 3 N–H and O–H groups in total. The van der Waals surface area contributed by atoms with Gasteiger partial charge in [0.05, 0.1) is 11.8 Å². The van der Waals surface area contributed by atoms with Crippen LogP contribution in [0.25, 0.3) is 0 Å². The molecule has 0 spiro atoms. The fourth-order valence-electron chi connectivity index (χ4n) is 2.28. The van der Waals surface area contributed by atoms with Crippen LogP contribution in [0.3, 0.4) is 0 Å². The van der Waals surface area contributed by atoms with Gasteiger partial charge in [-0.25, -0.2) is 4.98 Å². The number of carbonyl (C=O) groups excluding carboxylic acids is 1. The molecule has 1 fully saturated rings. The summed E-state index contributed by atoms with van der Waals surface area (Å²) in [6, 6.07) is 0. The van der Waals surface area contributed by atoms with E-state index in [1.165, 1.54) is 6.20 Å². The van der Waals surface area contributed by atoms with Crippen molar-refractivity contribution >= 4 is 5.91 Å². The smallest absolute Gasteiger partial charge is 0.271 e. The van der Waals surface area contributed by atoms with Crippen molar-refractivity contribution in [2.75, 3.05) is 6.54 Å². The zero-order valence-electron chi connectivity index (χ0n) is 11.0. The van der Waals surface area contributed by atoms with Crippen molar-refractivity contribution in [1.82, 2.24) is 15.3 Å². The predicted molar refractivity (Wildman–Crippen MR) is 69.8 cm³/mol. The Bertz CT molecular complexity index is 484. The molecule has 1 aliphatic carbocycles. The van der Waals surface area contributed by atoms with Gasteiger partial charge in [0, 0.05) is 12.7 Å². The van der Waals surface area contributed by atoms with Gasteiger partial charge in [0.15, 0.2) is 0 Å². The van der Waals surface area contributed by atoms with Gasteiger partial charge in [-0.15, -0.1) is 0 Å². The van der Waals surface area contributed by atoms with Crippen LogP contribution >= 0.6 is 0 Å². The molecule has 1 saturated carbocycles. The fraction of sp³-hybridized carbons (Fsp3) is 0.615. The molecule has 0 aliphatic heterocycles. The zero-order valence-corrected chi connectivity index (χ0v) is 11.0. The summed E-state index contributed by atoms with van der Waals surface area (Å²) in [7, 11) is 0. The van der Waals surface area contributed by atoms with Gasteiger partial charge >= 0.3 is 0 Å². The molecule has 1 amide bonds. The number of aromatic amines is 1. The van der Waals surface area contributed by atoms with Crippen LogP contribution in [0.4, 0.5) is 0 Å². The lowest BCUT2D eigenvalue weighted by atomic mass is 9.79. The van der Waals surface area contributed by atoms with Crippen LogP contribution in [0.1, 0.15) is 43.1 Å². The standard InChI is InChI=1S/C13H19N3O3/c1-9-2-4-13(19,5-3-9)8-16-12(18)10-6-15-11(17)7-14-10/h6-7,9,19H,2-5,8H2,1H3,(H,15,17)(H,16,18). The largest absolute Gasteiger partial charge is 0.388 e. The van der Waals surface area contributed by atoms with Gasteiger partial charge in [0.2, 0.25) is 0 Å². The molecule has 0 atom stereocenters. The normalized spacial score (nSPS) is 26.9. The number of carbonyl (C=O) groups is 1. The highest BCUT2D eigenvalue weighted by Crippen LogP contribution is 2.31. The van der Waals surface area contributed by atoms with Crippen molar-refractivity contribution in [3.8, 4) is 0 Å². The van der Waals surface area contributed by atoms with E-state index >= 15 is 0 Å². The van der Waals surface area contributed by atoms with Gasteiger partial charge in [-0.2, -0.15) is 0 Å². The molecule has 1 aliphatic rings. The minimum Gasteiger partial charge on any atom is -0.388 e. The first kappa shape index (κ1) is 13.7. The van der Waals surface area contributed by atoms with Crippen molar-refractivity contribution in [3.05, 3.63) is 28.4 Å². The van der Waals surface area contributed by atoms with Crippen LogP contribution in [0, 0.1) is 5.92 Å². The van der Waals surface area contributed by atoms with Gasteiger partial charge in [-0.05, 0) is 31.6 Å². The number of aromatic nitrogens is 2. The minimum atomic E-state index is -0.815. The first-order valence-corrected chi connectivity index (χ1v) is 6.54. The number of H-pyrrole nitrogens is 1. The van der Waals surface area contributed by atoms with Crippen molar-refractivity contribution in [3.63, 3.8) is 0 Å². The highest BCUT2D eigenvalue weighted by Gasteiger charge is 2.32. The van der Waals surface area contributed by atoms with Crippen LogP contribution in [0.15, 0.2) is 17.2 Å². The van der Waals surface area contributed by atoms with E-state index < -0.39 is 5.60 Å². The number of aliphatic hydroxyl groups is 1. The van der Waals surface area contributed by atoms with Crippen LogP contribution in [-0.4, -0.2) is 33.1 Å². The molecule has 1 aromatic rings. The number of nitrogens with one attached hydrogen (secondary N) is 2. The maximum absolute atomic E-state index is 11.8. The van der Waals surface area contributed by atoms with E-state index in [4.69, 9.17) is 0 Å². The Kier molecular flexibility index (Phi) is 3.99. The monoisotopic (exact) mass is 265 g/mol. The molecule has 0 unspecified atom stereocenters. The van der Waals surface area contributed by atoms with Crippen LogP contribution in [0.2, 0.25) is 0 Å². The highest BCUT2D eigenvalue weighted by molar-refractivity contribution is 5.91. The van der Waals surface area contributed by atoms with Crippen LogP contribution in [0.5, 0.6) is 0 Å². The van der Waals surface area contributed by atoms with E-state index in [0.29, 0.717) is 18.8 Å². The van der Waals surface area contributed by atoms with E-state index in [-0.39, 0.29) is 23.7 Å². The summed E-state index contributed by atoms with van der Waals surface area (Å²) < 4.78 is 0. The Labute approximate surface area is 111 Å². The molecule has 0 saturated heterocycles. The molecular formula is C13H19N3O3. The lowest BCUT2D eigenvalue weighted by Crippen LogP contribution is -2.45. The third-order valence-electron chi connectivity index (χ3n) is 3.69. The summed E-state index contributed by atoms with van der Waals surface area (Å²) in [4.78, 5) is 28.8. The maximum Gasteiger partial charge on any atom is 0.271 e. The topological polar surface area (TPSA) is 95.1 Å². The quantitative estimate of drug-likeness (QED) is 0.739. The predicted octanol–water partition coefficient (Wildman–Crippen LogP) is 0.441. The maximum atomic E-state index is 11.8. The summed E-state index contributed by atoms with van der Waals surface area (Å²) in [5.74, 6) is 0.250. The van der Waals surface area contributed by atoms with Crippen molar-refractivity contribution < 1.29 is 9.90 Å². The molecule has 2 rings (SSSR count). The Hall–Kier alpha value is -1.69. The van der Waals surface area contributed by atoms with E-state index in [0.717, 1.165) is 19.0 Å². The number of rotatable bonds is 3. The first-order valence-electron chi connectivity index (χ1n) is 6.54. The Balaban J connectivity index is 1.89. The van der Waals surface area contributed by atoms with Gasteiger partial charge in [0.1, 0.15) is 5.69 Å². The molecule has 6 nitrogen and oxygen atoms in total. The van der Waals surface area contributed by atoms with Gasteiger partial charge < -0.3 is 15.4 Å². The molecule has 0 bridgehead atoms. The van der Waals surface area contributed by atoms with Crippen LogP contribution in [-0.2, 0) is 0 Å². The number of hydrogen-bond acceptors (Lipinski definition) is 4. The molecule has 104 valence electrons. The summed E-state index contributed by atoms with van der Waals surface area (Å²) in [5, 5.41) is 13.0. The summed E-state index contributed by atoms with van der Waals surface area (Å²) in [6.45, 7) is 2.39. The molecule has 1 heterocycles. The average Bonchev–Trinajstić information content (AvgIpc) is 2.41. The average molecular weight is 265 g/mol. The second-order valence-electron chi connectivity index (χ2n) is 5.39.